The molecule has 2 N–H and O–H groups in total. The van der Waals surface area contributed by atoms with Crippen LogP contribution in [0.25, 0.3) is 0 Å². The van der Waals surface area contributed by atoms with Crippen LogP contribution in [0.3, 0.4) is 0 Å². The van der Waals surface area contributed by atoms with Gasteiger partial charge in [-0.1, -0.05) is 22.8 Å². The minimum Gasteiger partial charge on any atom is -0.447 e. The molecular formula is C22H39IN2O7S. The lowest BCUT2D eigenvalue weighted by atomic mass is 9.95. The molecule has 0 aromatic carbocycles. The molecule has 0 bridgehead atoms. The van der Waals surface area contributed by atoms with E-state index in [1.54, 1.807) is 0 Å². The number of carbonyl (C=O) groups is 3. The Morgan fingerprint density at radius 1 is 0.879 bits per heavy atom. The fourth-order valence-electron chi connectivity index (χ4n) is 3.12. The van der Waals surface area contributed by atoms with Crippen LogP contribution in [0.2, 0.25) is 0 Å². The van der Waals surface area contributed by atoms with Crippen LogP contribution >= 0.6 is 30.1 Å². The summed E-state index contributed by atoms with van der Waals surface area (Å²) >= 11 is 2.34. The Kier molecular flexibility index (Phi) is 18.1. The molecule has 9 nitrogen and oxygen atoms in total. The van der Waals surface area contributed by atoms with Gasteiger partial charge in [0.25, 0.3) is 0 Å². The Morgan fingerprint density at radius 3 is 2.03 bits per heavy atom. The van der Waals surface area contributed by atoms with Crippen molar-refractivity contribution in [2.75, 3.05) is 52.8 Å². The highest BCUT2D eigenvalue weighted by Crippen LogP contribution is 2.32. The van der Waals surface area contributed by atoms with Crippen molar-refractivity contribution < 1.29 is 33.3 Å². The van der Waals surface area contributed by atoms with E-state index in [0.717, 1.165) is 25.7 Å². The predicted octanol–water partition coefficient (Wildman–Crippen LogP) is 3.28. The SMILES string of the molecule is CC(C)C(=O)CCC(=O)NCCOCCOCCOCCOC(=O)NC1CCC(SI)CC1. The molecule has 0 saturated heterocycles. The van der Waals surface area contributed by atoms with Crippen molar-refractivity contribution in [1.82, 2.24) is 10.6 Å². The van der Waals surface area contributed by atoms with Gasteiger partial charge < -0.3 is 29.6 Å². The van der Waals surface area contributed by atoms with Crippen LogP contribution in [0.5, 0.6) is 0 Å². The fourth-order valence-corrected chi connectivity index (χ4v) is 5.09. The maximum Gasteiger partial charge on any atom is 0.407 e. The van der Waals surface area contributed by atoms with Gasteiger partial charge in [-0.15, -0.1) is 0 Å². The lowest BCUT2D eigenvalue weighted by Gasteiger charge is -2.27. The van der Waals surface area contributed by atoms with Gasteiger partial charge in [-0.05, 0) is 46.9 Å². The minimum absolute atomic E-state index is 0.0366. The van der Waals surface area contributed by atoms with Crippen molar-refractivity contribution in [2.45, 2.75) is 63.7 Å². The van der Waals surface area contributed by atoms with Crippen molar-refractivity contribution in [3.05, 3.63) is 0 Å². The highest BCUT2D eigenvalue weighted by molar-refractivity contribution is 14.2. The fraction of sp³-hybridized carbons (Fsp3) is 0.864. The summed E-state index contributed by atoms with van der Waals surface area (Å²) < 4.78 is 21.3. The second-order valence-electron chi connectivity index (χ2n) is 8.15. The van der Waals surface area contributed by atoms with Gasteiger partial charge in [0.15, 0.2) is 0 Å². The number of hydrogen-bond donors (Lipinski definition) is 2. The molecule has 1 aliphatic carbocycles. The monoisotopic (exact) mass is 602 g/mol. The third kappa shape index (κ3) is 16.6. The maximum atomic E-state index is 11.8. The summed E-state index contributed by atoms with van der Waals surface area (Å²) in [7, 11) is 1.87. The third-order valence-electron chi connectivity index (χ3n) is 5.14. The first-order valence-electron chi connectivity index (χ1n) is 11.7. The van der Waals surface area contributed by atoms with Crippen molar-refractivity contribution in [1.29, 1.82) is 0 Å². The Balaban J connectivity index is 1.81. The molecule has 192 valence electrons. The second-order valence-corrected chi connectivity index (χ2v) is 10.5. The van der Waals surface area contributed by atoms with Gasteiger partial charge in [0.05, 0.1) is 39.6 Å². The summed E-state index contributed by atoms with van der Waals surface area (Å²) in [5, 5.41) is 6.35. The summed E-state index contributed by atoms with van der Waals surface area (Å²) in [6, 6.07) is 0.213. The van der Waals surface area contributed by atoms with E-state index in [2.05, 4.69) is 31.8 Å². The Morgan fingerprint density at radius 2 is 1.45 bits per heavy atom. The van der Waals surface area contributed by atoms with Crippen molar-refractivity contribution >= 4 is 47.9 Å². The summed E-state index contributed by atoms with van der Waals surface area (Å²) in [6.07, 6.45) is 4.38. The summed E-state index contributed by atoms with van der Waals surface area (Å²) in [6.45, 7) is 6.68. The zero-order valence-corrected chi connectivity index (χ0v) is 22.7. The summed E-state index contributed by atoms with van der Waals surface area (Å²) in [5.74, 6) is -0.0783. The van der Waals surface area contributed by atoms with Crippen LogP contribution < -0.4 is 10.6 Å². The van der Waals surface area contributed by atoms with E-state index >= 15 is 0 Å². The van der Waals surface area contributed by atoms with E-state index in [4.69, 9.17) is 18.9 Å². The van der Waals surface area contributed by atoms with Crippen LogP contribution in [0.15, 0.2) is 0 Å². The summed E-state index contributed by atoms with van der Waals surface area (Å²) in [4.78, 5) is 34.9. The normalized spacial score (nSPS) is 18.2. The Labute approximate surface area is 213 Å². The number of ether oxygens (including phenoxy) is 4. The topological polar surface area (TPSA) is 112 Å². The van der Waals surface area contributed by atoms with E-state index in [0.29, 0.717) is 51.4 Å². The zero-order chi connectivity index (χ0) is 24.3. The van der Waals surface area contributed by atoms with E-state index < -0.39 is 0 Å². The van der Waals surface area contributed by atoms with Crippen molar-refractivity contribution in [2.24, 2.45) is 5.92 Å². The molecule has 2 amide bonds. The molecule has 0 spiro atoms. The van der Waals surface area contributed by atoms with Crippen LogP contribution in [0.1, 0.15) is 52.4 Å². The van der Waals surface area contributed by atoms with E-state index in [-0.39, 0.29) is 49.2 Å². The van der Waals surface area contributed by atoms with Gasteiger partial charge in [-0.3, -0.25) is 9.59 Å². The van der Waals surface area contributed by atoms with Crippen molar-refractivity contribution in [3.8, 4) is 0 Å². The Hall–Kier alpha value is -0.630. The lowest BCUT2D eigenvalue weighted by Crippen LogP contribution is -2.38. The third-order valence-corrected chi connectivity index (χ3v) is 8.02. The largest absolute Gasteiger partial charge is 0.447 e. The molecule has 0 heterocycles. The lowest BCUT2D eigenvalue weighted by molar-refractivity contribution is -0.126. The van der Waals surface area contributed by atoms with E-state index in [9.17, 15) is 14.4 Å². The molecule has 11 heteroatoms. The average Bonchev–Trinajstić information content (AvgIpc) is 2.80. The standard InChI is InChI=1S/C22H39IN2O7S/c1-17(2)20(26)7-8-21(27)24-9-10-29-11-12-30-13-14-31-15-16-32-22(28)25-18-3-5-19(33-23)6-4-18/h17-19H,3-16H2,1-2H3,(H,24,27)(H,25,28). The smallest absolute Gasteiger partial charge is 0.407 e. The number of amides is 2. The highest BCUT2D eigenvalue weighted by Gasteiger charge is 2.22. The minimum atomic E-state index is -0.377. The van der Waals surface area contributed by atoms with Gasteiger partial charge in [0.2, 0.25) is 5.91 Å². The molecule has 0 aliphatic heterocycles. The number of alkyl carbamates (subject to hydrolysis) is 1. The quantitative estimate of drug-likeness (QED) is 0.182. The van der Waals surface area contributed by atoms with Gasteiger partial charge in [-0.25, -0.2) is 4.79 Å². The number of hydrogen-bond acceptors (Lipinski definition) is 8. The maximum absolute atomic E-state index is 11.8. The number of Topliss-reactive ketones (excluding diaryl/α,β-unsaturated/α-hetero) is 1. The van der Waals surface area contributed by atoms with Crippen LogP contribution in [0.4, 0.5) is 4.79 Å². The first-order chi connectivity index (χ1) is 15.9. The molecule has 1 fully saturated rings. The number of rotatable bonds is 18. The molecule has 0 aromatic rings. The molecule has 0 radical (unpaired) electrons. The first kappa shape index (κ1) is 30.4. The Bertz CT molecular complexity index is 561. The highest BCUT2D eigenvalue weighted by atomic mass is 127. The summed E-state index contributed by atoms with van der Waals surface area (Å²) in [5.41, 5.74) is 0. The number of halogens is 1. The molecule has 1 aliphatic rings. The van der Waals surface area contributed by atoms with Gasteiger partial charge in [-0.2, -0.15) is 0 Å². The predicted molar refractivity (Wildman–Crippen MR) is 137 cm³/mol. The average molecular weight is 603 g/mol. The van der Waals surface area contributed by atoms with Crippen LogP contribution in [0, 0.1) is 5.92 Å². The zero-order valence-electron chi connectivity index (χ0n) is 19.8. The molecule has 0 aromatic heterocycles. The van der Waals surface area contributed by atoms with Gasteiger partial charge in [0, 0.05) is 36.6 Å². The molecule has 0 atom stereocenters. The molecular weight excluding hydrogens is 563 g/mol. The first-order valence-corrected chi connectivity index (χ1v) is 15.1. The van der Waals surface area contributed by atoms with Crippen LogP contribution in [-0.4, -0.2) is 81.9 Å². The van der Waals surface area contributed by atoms with Crippen molar-refractivity contribution in [3.63, 3.8) is 0 Å². The van der Waals surface area contributed by atoms with E-state index in [1.165, 1.54) is 0 Å². The molecule has 0 unspecified atom stereocenters. The number of nitrogens with one attached hydrogen (secondary N) is 2. The van der Waals surface area contributed by atoms with Gasteiger partial charge in [0.1, 0.15) is 12.4 Å². The molecule has 33 heavy (non-hydrogen) atoms. The van der Waals surface area contributed by atoms with Crippen LogP contribution in [-0.2, 0) is 28.5 Å². The molecule has 1 rings (SSSR count). The second kappa shape index (κ2) is 19.7. The number of carbonyl (C=O) groups excluding carboxylic acids is 3. The molecule has 1 saturated carbocycles. The van der Waals surface area contributed by atoms with Gasteiger partial charge >= 0.3 is 6.09 Å². The number of ketones is 1. The van der Waals surface area contributed by atoms with E-state index in [1.807, 2.05) is 22.8 Å².